The third-order valence-electron chi connectivity index (χ3n) is 4.39. The van der Waals surface area contributed by atoms with E-state index in [1.165, 1.54) is 44.2 Å². The van der Waals surface area contributed by atoms with Crippen molar-refractivity contribution in [3.05, 3.63) is 29.8 Å². The summed E-state index contributed by atoms with van der Waals surface area (Å²) in [7, 11) is 0. The number of ether oxygens (including phenoxy) is 1. The first kappa shape index (κ1) is 16.3. The smallest absolute Gasteiger partial charge is 0.119 e. The second kappa shape index (κ2) is 8.40. The second-order valence-electron chi connectivity index (χ2n) is 6.12. The number of nitrogens with zero attached hydrogens (tertiary/aromatic N) is 1. The SMILES string of the molecule is CCCN(Cc1ccc(OCC)cc1)C1CCC(N)CC1. The number of nitrogens with two attached hydrogens (primary N) is 1. The van der Waals surface area contributed by atoms with Crippen molar-refractivity contribution in [2.45, 2.75) is 64.6 Å². The van der Waals surface area contributed by atoms with Gasteiger partial charge in [0.15, 0.2) is 0 Å². The topological polar surface area (TPSA) is 38.5 Å². The van der Waals surface area contributed by atoms with E-state index in [-0.39, 0.29) is 0 Å². The largest absolute Gasteiger partial charge is 0.494 e. The van der Waals surface area contributed by atoms with Crippen LogP contribution in [0.15, 0.2) is 24.3 Å². The molecule has 0 atom stereocenters. The molecule has 1 fully saturated rings. The van der Waals surface area contributed by atoms with Crippen molar-refractivity contribution in [2.24, 2.45) is 5.73 Å². The lowest BCUT2D eigenvalue weighted by atomic mass is 9.90. The predicted octanol–water partition coefficient (Wildman–Crippen LogP) is 3.57. The first-order valence-corrected chi connectivity index (χ1v) is 8.44. The fourth-order valence-electron chi connectivity index (χ4n) is 3.24. The zero-order chi connectivity index (χ0) is 15.1. The van der Waals surface area contributed by atoms with E-state index in [1.54, 1.807) is 0 Å². The molecule has 0 aromatic heterocycles. The minimum absolute atomic E-state index is 0.426. The molecule has 2 rings (SSSR count). The molecule has 1 saturated carbocycles. The van der Waals surface area contributed by atoms with Crippen LogP contribution in [0.5, 0.6) is 5.75 Å². The lowest BCUT2D eigenvalue weighted by molar-refractivity contribution is 0.142. The Hall–Kier alpha value is -1.06. The van der Waals surface area contributed by atoms with Crippen LogP contribution in [0.25, 0.3) is 0 Å². The standard InChI is InChI=1S/C18H30N2O/c1-3-13-20(17-9-7-16(19)8-10-17)14-15-5-11-18(12-6-15)21-4-2/h5-6,11-12,16-17H,3-4,7-10,13-14,19H2,1-2H3. The Morgan fingerprint density at radius 1 is 1.10 bits per heavy atom. The molecule has 3 nitrogen and oxygen atoms in total. The molecule has 0 saturated heterocycles. The van der Waals surface area contributed by atoms with Gasteiger partial charge in [0, 0.05) is 18.6 Å². The minimum atomic E-state index is 0.426. The summed E-state index contributed by atoms with van der Waals surface area (Å²) in [6, 6.07) is 9.69. The zero-order valence-corrected chi connectivity index (χ0v) is 13.6. The van der Waals surface area contributed by atoms with E-state index in [1.807, 2.05) is 6.92 Å². The maximum atomic E-state index is 6.04. The summed E-state index contributed by atoms with van der Waals surface area (Å²) >= 11 is 0. The number of hydrogen-bond acceptors (Lipinski definition) is 3. The van der Waals surface area contributed by atoms with E-state index < -0.39 is 0 Å². The second-order valence-corrected chi connectivity index (χ2v) is 6.12. The average Bonchev–Trinajstić information content (AvgIpc) is 2.50. The lowest BCUT2D eigenvalue weighted by Gasteiger charge is -2.36. The Labute approximate surface area is 129 Å². The highest BCUT2D eigenvalue weighted by molar-refractivity contribution is 5.27. The van der Waals surface area contributed by atoms with Gasteiger partial charge in [0.2, 0.25) is 0 Å². The molecule has 2 N–H and O–H groups in total. The Morgan fingerprint density at radius 2 is 1.76 bits per heavy atom. The molecule has 0 unspecified atom stereocenters. The van der Waals surface area contributed by atoms with Crippen LogP contribution in [0, 0.1) is 0 Å². The van der Waals surface area contributed by atoms with Gasteiger partial charge in [0.25, 0.3) is 0 Å². The number of benzene rings is 1. The lowest BCUT2D eigenvalue weighted by Crippen LogP contribution is -2.40. The third-order valence-corrected chi connectivity index (χ3v) is 4.39. The molecule has 0 bridgehead atoms. The molecule has 21 heavy (non-hydrogen) atoms. The highest BCUT2D eigenvalue weighted by Crippen LogP contribution is 2.24. The molecular formula is C18H30N2O. The van der Waals surface area contributed by atoms with Gasteiger partial charge >= 0.3 is 0 Å². The normalized spacial score (nSPS) is 22.5. The number of rotatable bonds is 7. The van der Waals surface area contributed by atoms with Gasteiger partial charge in [-0.05, 0) is 63.3 Å². The van der Waals surface area contributed by atoms with E-state index in [0.717, 1.165) is 18.9 Å². The fourth-order valence-corrected chi connectivity index (χ4v) is 3.24. The summed E-state index contributed by atoms with van der Waals surface area (Å²) in [6.45, 7) is 7.22. The van der Waals surface area contributed by atoms with Crippen molar-refractivity contribution < 1.29 is 4.74 Å². The molecule has 3 heteroatoms. The van der Waals surface area contributed by atoms with Crippen molar-refractivity contribution in [2.75, 3.05) is 13.2 Å². The van der Waals surface area contributed by atoms with Crippen molar-refractivity contribution in [3.63, 3.8) is 0 Å². The summed E-state index contributed by atoms with van der Waals surface area (Å²) in [6.07, 6.45) is 6.05. The Morgan fingerprint density at radius 3 is 2.33 bits per heavy atom. The van der Waals surface area contributed by atoms with Crippen LogP contribution in [-0.2, 0) is 6.54 Å². The van der Waals surface area contributed by atoms with Gasteiger partial charge in [-0.25, -0.2) is 0 Å². The van der Waals surface area contributed by atoms with Crippen molar-refractivity contribution >= 4 is 0 Å². The third kappa shape index (κ3) is 5.01. The first-order chi connectivity index (χ1) is 10.2. The van der Waals surface area contributed by atoms with Crippen LogP contribution in [0.4, 0.5) is 0 Å². The molecular weight excluding hydrogens is 260 g/mol. The van der Waals surface area contributed by atoms with Gasteiger partial charge in [-0.2, -0.15) is 0 Å². The van der Waals surface area contributed by atoms with E-state index in [9.17, 15) is 0 Å². The summed E-state index contributed by atoms with van der Waals surface area (Å²) in [5.74, 6) is 0.965. The molecule has 118 valence electrons. The molecule has 1 aliphatic carbocycles. The molecule has 0 heterocycles. The Balaban J connectivity index is 1.95. The van der Waals surface area contributed by atoms with Crippen LogP contribution in [-0.4, -0.2) is 30.1 Å². The number of hydrogen-bond donors (Lipinski definition) is 1. The first-order valence-electron chi connectivity index (χ1n) is 8.44. The van der Waals surface area contributed by atoms with Gasteiger partial charge in [0.1, 0.15) is 5.75 Å². The Kier molecular flexibility index (Phi) is 6.52. The highest BCUT2D eigenvalue weighted by atomic mass is 16.5. The van der Waals surface area contributed by atoms with Crippen LogP contribution in [0.3, 0.4) is 0 Å². The summed E-state index contributed by atoms with van der Waals surface area (Å²) in [5, 5.41) is 0. The molecule has 0 radical (unpaired) electrons. The highest BCUT2D eigenvalue weighted by Gasteiger charge is 2.23. The molecule has 1 aromatic carbocycles. The van der Waals surface area contributed by atoms with E-state index in [2.05, 4.69) is 36.1 Å². The van der Waals surface area contributed by atoms with Crippen molar-refractivity contribution in [1.82, 2.24) is 4.90 Å². The van der Waals surface area contributed by atoms with Gasteiger partial charge in [-0.15, -0.1) is 0 Å². The van der Waals surface area contributed by atoms with Crippen LogP contribution < -0.4 is 10.5 Å². The average molecular weight is 290 g/mol. The van der Waals surface area contributed by atoms with Crippen LogP contribution >= 0.6 is 0 Å². The summed E-state index contributed by atoms with van der Waals surface area (Å²) < 4.78 is 5.51. The predicted molar refractivity (Wildman–Crippen MR) is 88.5 cm³/mol. The fraction of sp³-hybridized carbons (Fsp3) is 0.667. The molecule has 0 aliphatic heterocycles. The zero-order valence-electron chi connectivity index (χ0n) is 13.6. The minimum Gasteiger partial charge on any atom is -0.494 e. The molecule has 1 aliphatic rings. The monoisotopic (exact) mass is 290 g/mol. The van der Waals surface area contributed by atoms with E-state index in [0.29, 0.717) is 12.1 Å². The molecule has 0 amide bonds. The van der Waals surface area contributed by atoms with Gasteiger partial charge in [-0.3, -0.25) is 4.90 Å². The van der Waals surface area contributed by atoms with E-state index >= 15 is 0 Å². The molecule has 0 spiro atoms. The van der Waals surface area contributed by atoms with Gasteiger partial charge in [0.05, 0.1) is 6.61 Å². The maximum Gasteiger partial charge on any atom is 0.119 e. The van der Waals surface area contributed by atoms with Gasteiger partial charge in [-0.1, -0.05) is 19.1 Å². The quantitative estimate of drug-likeness (QED) is 0.834. The van der Waals surface area contributed by atoms with Crippen LogP contribution in [0.1, 0.15) is 51.5 Å². The molecule has 1 aromatic rings. The summed E-state index contributed by atoms with van der Waals surface area (Å²) in [5.41, 5.74) is 7.41. The van der Waals surface area contributed by atoms with Crippen molar-refractivity contribution in [3.8, 4) is 5.75 Å². The van der Waals surface area contributed by atoms with Crippen molar-refractivity contribution in [1.29, 1.82) is 0 Å². The van der Waals surface area contributed by atoms with Gasteiger partial charge < -0.3 is 10.5 Å². The Bertz CT molecular complexity index is 396. The van der Waals surface area contributed by atoms with Crippen LogP contribution in [0.2, 0.25) is 0 Å². The maximum absolute atomic E-state index is 6.04. The summed E-state index contributed by atoms with van der Waals surface area (Å²) in [4.78, 5) is 2.64. The van der Waals surface area contributed by atoms with E-state index in [4.69, 9.17) is 10.5 Å².